The molecule has 0 saturated carbocycles. The summed E-state index contributed by atoms with van der Waals surface area (Å²) in [6.45, 7) is 5.50. The number of rotatable bonds is 3. The van der Waals surface area contributed by atoms with Crippen LogP contribution in [0.1, 0.15) is 35.9 Å². The van der Waals surface area contributed by atoms with Crippen LogP contribution < -0.4 is 10.2 Å². The lowest BCUT2D eigenvalue weighted by molar-refractivity contribution is 0.102. The van der Waals surface area contributed by atoms with Gasteiger partial charge in [0.1, 0.15) is 5.69 Å². The molecule has 0 spiro atoms. The first kappa shape index (κ1) is 18.2. The van der Waals surface area contributed by atoms with Crippen molar-refractivity contribution < 1.29 is 18.0 Å². The molecule has 1 fully saturated rings. The van der Waals surface area contributed by atoms with Gasteiger partial charge in [-0.1, -0.05) is 6.92 Å². The van der Waals surface area contributed by atoms with Crippen LogP contribution in [0.25, 0.3) is 0 Å². The minimum atomic E-state index is -1.63. The first-order chi connectivity index (χ1) is 12.3. The van der Waals surface area contributed by atoms with Crippen molar-refractivity contribution in [3.8, 4) is 0 Å². The number of aromatic nitrogens is 2. The predicted molar refractivity (Wildman–Crippen MR) is 91.6 cm³/mol. The second kappa shape index (κ2) is 7.31. The van der Waals surface area contributed by atoms with Crippen LogP contribution in [0.15, 0.2) is 18.2 Å². The molecule has 1 N–H and O–H groups in total. The fraction of sp³-hybridized carbons (Fsp3) is 0.389. The molecule has 3 rings (SSSR count). The first-order valence-corrected chi connectivity index (χ1v) is 8.40. The van der Waals surface area contributed by atoms with E-state index in [-0.39, 0.29) is 5.69 Å². The Balaban J connectivity index is 1.83. The zero-order valence-corrected chi connectivity index (χ0v) is 14.5. The second-order valence-corrected chi connectivity index (χ2v) is 6.54. The highest BCUT2D eigenvalue weighted by Gasteiger charge is 2.21. The quantitative estimate of drug-likeness (QED) is 0.844. The fourth-order valence-electron chi connectivity index (χ4n) is 2.83. The zero-order valence-electron chi connectivity index (χ0n) is 14.5. The second-order valence-electron chi connectivity index (χ2n) is 6.54. The zero-order chi connectivity index (χ0) is 18.8. The maximum atomic E-state index is 13.8. The Kier molecular flexibility index (Phi) is 5.11. The van der Waals surface area contributed by atoms with Crippen molar-refractivity contribution in [1.29, 1.82) is 0 Å². The molecular weight excluding hydrogens is 345 g/mol. The Labute approximate surface area is 149 Å². The summed E-state index contributed by atoms with van der Waals surface area (Å²) in [5.74, 6) is -4.05. The number of hydrogen-bond donors (Lipinski definition) is 1. The average Bonchev–Trinajstić information content (AvgIpc) is 2.62. The number of aryl methyl sites for hydroxylation is 1. The van der Waals surface area contributed by atoms with Crippen LogP contribution in [-0.4, -0.2) is 29.0 Å². The highest BCUT2D eigenvalue weighted by molar-refractivity contribution is 6.03. The van der Waals surface area contributed by atoms with Crippen molar-refractivity contribution in [2.75, 3.05) is 23.3 Å². The molecule has 0 aliphatic carbocycles. The molecule has 2 heterocycles. The minimum Gasteiger partial charge on any atom is -0.341 e. The Morgan fingerprint density at radius 2 is 1.85 bits per heavy atom. The van der Waals surface area contributed by atoms with Gasteiger partial charge < -0.3 is 10.2 Å². The van der Waals surface area contributed by atoms with Crippen molar-refractivity contribution in [1.82, 2.24) is 9.97 Å². The molecule has 1 saturated heterocycles. The molecule has 1 aromatic heterocycles. The largest absolute Gasteiger partial charge is 0.341 e. The van der Waals surface area contributed by atoms with Gasteiger partial charge in [0.2, 0.25) is 5.95 Å². The van der Waals surface area contributed by atoms with Crippen LogP contribution in [0.3, 0.4) is 0 Å². The van der Waals surface area contributed by atoms with Crippen LogP contribution >= 0.6 is 0 Å². The van der Waals surface area contributed by atoms with Gasteiger partial charge in [-0.05, 0) is 43.9 Å². The number of carbonyl (C=O) groups excluding carboxylic acids is 1. The smallest absolute Gasteiger partial charge is 0.274 e. The van der Waals surface area contributed by atoms with Gasteiger partial charge in [0.25, 0.3) is 5.91 Å². The highest BCUT2D eigenvalue weighted by atomic mass is 19.2. The van der Waals surface area contributed by atoms with Gasteiger partial charge in [-0.2, -0.15) is 0 Å². The van der Waals surface area contributed by atoms with Gasteiger partial charge >= 0.3 is 0 Å². The number of piperidine rings is 1. The van der Waals surface area contributed by atoms with E-state index in [4.69, 9.17) is 0 Å². The van der Waals surface area contributed by atoms with E-state index in [1.807, 2.05) is 4.90 Å². The third kappa shape index (κ3) is 3.79. The minimum absolute atomic E-state index is 0.0373. The number of benzene rings is 1. The topological polar surface area (TPSA) is 58.1 Å². The normalized spacial score (nSPS) is 15.2. The van der Waals surface area contributed by atoms with E-state index in [0.29, 0.717) is 17.6 Å². The number of halogens is 3. The van der Waals surface area contributed by atoms with E-state index in [1.165, 1.54) is 6.07 Å². The van der Waals surface area contributed by atoms with Crippen LogP contribution in [0.5, 0.6) is 0 Å². The summed E-state index contributed by atoms with van der Waals surface area (Å²) < 4.78 is 40.1. The van der Waals surface area contributed by atoms with Crippen molar-refractivity contribution >= 4 is 17.5 Å². The monoisotopic (exact) mass is 364 g/mol. The van der Waals surface area contributed by atoms with Gasteiger partial charge in [0, 0.05) is 18.8 Å². The third-order valence-corrected chi connectivity index (χ3v) is 4.42. The van der Waals surface area contributed by atoms with E-state index in [1.54, 1.807) is 6.92 Å². The summed E-state index contributed by atoms with van der Waals surface area (Å²) in [5.41, 5.74) is 0.179. The SMILES string of the molecule is Cc1cc(C(=O)Nc2ccc(F)c(F)c2F)nc(N2CCC(C)CC2)n1. The van der Waals surface area contributed by atoms with E-state index < -0.39 is 29.0 Å². The highest BCUT2D eigenvalue weighted by Crippen LogP contribution is 2.22. The van der Waals surface area contributed by atoms with E-state index >= 15 is 0 Å². The molecule has 2 aromatic rings. The van der Waals surface area contributed by atoms with Gasteiger partial charge in [-0.3, -0.25) is 4.79 Å². The molecule has 26 heavy (non-hydrogen) atoms. The van der Waals surface area contributed by atoms with Crippen molar-refractivity contribution in [2.24, 2.45) is 5.92 Å². The number of nitrogens with zero attached hydrogens (tertiary/aromatic N) is 3. The number of hydrogen-bond acceptors (Lipinski definition) is 4. The summed E-state index contributed by atoms with van der Waals surface area (Å²) in [6.07, 6.45) is 2.03. The average molecular weight is 364 g/mol. The molecule has 1 aromatic carbocycles. The summed E-state index contributed by atoms with van der Waals surface area (Å²) >= 11 is 0. The number of nitrogens with one attached hydrogen (secondary N) is 1. The number of carbonyl (C=O) groups is 1. The summed E-state index contributed by atoms with van der Waals surface area (Å²) in [4.78, 5) is 23.0. The van der Waals surface area contributed by atoms with Gasteiger partial charge in [-0.25, -0.2) is 23.1 Å². The number of anilines is 2. The Hall–Kier alpha value is -2.64. The van der Waals surface area contributed by atoms with Gasteiger partial charge in [0.05, 0.1) is 5.69 Å². The maximum Gasteiger partial charge on any atom is 0.274 e. The standard InChI is InChI=1S/C18H19F3N4O/c1-10-5-7-25(8-6-10)18-22-11(2)9-14(24-18)17(26)23-13-4-3-12(19)15(20)16(13)21/h3-4,9-10H,5-8H2,1-2H3,(H,23,26). The molecule has 0 unspecified atom stereocenters. The Bertz CT molecular complexity index is 835. The summed E-state index contributed by atoms with van der Waals surface area (Å²) in [5, 5.41) is 2.23. The molecule has 1 amide bonds. The van der Waals surface area contributed by atoms with Crippen LogP contribution in [0, 0.1) is 30.3 Å². The lowest BCUT2D eigenvalue weighted by Crippen LogP contribution is -2.34. The van der Waals surface area contributed by atoms with E-state index in [0.717, 1.165) is 38.1 Å². The van der Waals surface area contributed by atoms with Crippen LogP contribution in [-0.2, 0) is 0 Å². The number of amides is 1. The van der Waals surface area contributed by atoms with E-state index in [9.17, 15) is 18.0 Å². The summed E-state index contributed by atoms with van der Waals surface area (Å²) in [6, 6.07) is 3.18. The van der Waals surface area contributed by atoms with Crippen molar-refractivity contribution in [3.05, 3.63) is 47.0 Å². The van der Waals surface area contributed by atoms with Gasteiger partial charge in [0.15, 0.2) is 17.5 Å². The van der Waals surface area contributed by atoms with Gasteiger partial charge in [-0.15, -0.1) is 0 Å². The van der Waals surface area contributed by atoms with Crippen molar-refractivity contribution in [3.63, 3.8) is 0 Å². The third-order valence-electron chi connectivity index (χ3n) is 4.42. The molecule has 138 valence electrons. The predicted octanol–water partition coefficient (Wildman–Crippen LogP) is 3.69. The fourth-order valence-corrected chi connectivity index (χ4v) is 2.83. The summed E-state index contributed by atoms with van der Waals surface area (Å²) in [7, 11) is 0. The lowest BCUT2D eigenvalue weighted by atomic mass is 10.00. The van der Waals surface area contributed by atoms with E-state index in [2.05, 4.69) is 22.2 Å². The molecular formula is C18H19F3N4O. The molecule has 0 atom stereocenters. The van der Waals surface area contributed by atoms with Crippen LogP contribution in [0.4, 0.5) is 24.8 Å². The lowest BCUT2D eigenvalue weighted by Gasteiger charge is -2.30. The molecule has 1 aliphatic rings. The van der Waals surface area contributed by atoms with Crippen LogP contribution in [0.2, 0.25) is 0 Å². The molecule has 1 aliphatic heterocycles. The molecule has 8 heteroatoms. The molecule has 0 bridgehead atoms. The molecule has 5 nitrogen and oxygen atoms in total. The first-order valence-electron chi connectivity index (χ1n) is 8.40. The maximum absolute atomic E-state index is 13.8. The Morgan fingerprint density at radius 3 is 2.54 bits per heavy atom. The molecule has 0 radical (unpaired) electrons. The Morgan fingerprint density at radius 1 is 1.15 bits per heavy atom. The van der Waals surface area contributed by atoms with Crippen molar-refractivity contribution in [2.45, 2.75) is 26.7 Å².